The molecule has 2 amide bonds. The van der Waals surface area contributed by atoms with E-state index in [2.05, 4.69) is 0 Å². The molecule has 0 aromatic heterocycles. The number of ether oxygens (including phenoxy) is 2. The Balaban J connectivity index is 2.10. The van der Waals surface area contributed by atoms with E-state index >= 15 is 0 Å². The van der Waals surface area contributed by atoms with Gasteiger partial charge in [0, 0.05) is 31.7 Å². The Morgan fingerprint density at radius 2 is 1.55 bits per heavy atom. The summed E-state index contributed by atoms with van der Waals surface area (Å²) >= 11 is 0. The summed E-state index contributed by atoms with van der Waals surface area (Å²) in [7, 11) is 2.98. The third kappa shape index (κ3) is 3.16. The third-order valence-corrected chi connectivity index (χ3v) is 3.97. The predicted molar refractivity (Wildman–Crippen MR) is 82.3 cm³/mol. The standard InChI is InChI=1S/C16H22N2O4/c1-11-10-14(21-3)12(2)9-13(11)15(19)17-5-7-18(8-6-17)16(20)22-4/h9-10H,5-8H2,1-4H3. The van der Waals surface area contributed by atoms with Gasteiger partial charge in [-0.3, -0.25) is 4.79 Å². The molecule has 1 saturated heterocycles. The SMILES string of the molecule is COC(=O)N1CCN(C(=O)c2cc(C)c(OC)cc2C)CC1. The van der Waals surface area contributed by atoms with Crippen LogP contribution in [0.25, 0.3) is 0 Å². The van der Waals surface area contributed by atoms with Crippen LogP contribution in [0.1, 0.15) is 21.5 Å². The van der Waals surface area contributed by atoms with Crippen LogP contribution in [0.5, 0.6) is 5.75 Å². The first-order valence-corrected chi connectivity index (χ1v) is 7.25. The zero-order valence-electron chi connectivity index (χ0n) is 13.5. The van der Waals surface area contributed by atoms with E-state index in [1.165, 1.54) is 7.11 Å². The van der Waals surface area contributed by atoms with E-state index in [-0.39, 0.29) is 12.0 Å². The van der Waals surface area contributed by atoms with Crippen LogP contribution in [0.3, 0.4) is 0 Å². The number of aryl methyl sites for hydroxylation is 2. The van der Waals surface area contributed by atoms with Crippen LogP contribution < -0.4 is 4.74 Å². The molecule has 6 heteroatoms. The molecule has 0 radical (unpaired) electrons. The van der Waals surface area contributed by atoms with Crippen molar-refractivity contribution in [1.29, 1.82) is 0 Å². The number of benzene rings is 1. The fourth-order valence-corrected chi connectivity index (χ4v) is 2.63. The quantitative estimate of drug-likeness (QED) is 0.836. The van der Waals surface area contributed by atoms with Crippen molar-refractivity contribution in [3.8, 4) is 5.75 Å². The Bertz CT molecular complexity index is 578. The van der Waals surface area contributed by atoms with Crippen molar-refractivity contribution in [3.05, 3.63) is 28.8 Å². The normalized spacial score (nSPS) is 14.7. The Labute approximate surface area is 130 Å². The molecular formula is C16H22N2O4. The molecule has 1 aliphatic rings. The van der Waals surface area contributed by atoms with Crippen LogP contribution in [-0.4, -0.2) is 62.2 Å². The Kier molecular flexibility index (Phi) is 4.90. The summed E-state index contributed by atoms with van der Waals surface area (Å²) in [6.07, 6.45) is -0.344. The maximum absolute atomic E-state index is 12.7. The first kappa shape index (κ1) is 16.1. The van der Waals surface area contributed by atoms with E-state index in [9.17, 15) is 9.59 Å². The summed E-state index contributed by atoms with van der Waals surface area (Å²) in [6.45, 7) is 5.83. The molecular weight excluding hydrogens is 284 g/mol. The van der Waals surface area contributed by atoms with Crippen molar-refractivity contribution in [2.75, 3.05) is 40.4 Å². The molecule has 1 aliphatic heterocycles. The molecule has 1 aromatic rings. The minimum Gasteiger partial charge on any atom is -0.496 e. The lowest BCUT2D eigenvalue weighted by atomic mass is 10.0. The monoisotopic (exact) mass is 306 g/mol. The Hall–Kier alpha value is -2.24. The lowest BCUT2D eigenvalue weighted by Gasteiger charge is -2.34. The second-order valence-corrected chi connectivity index (χ2v) is 5.39. The maximum Gasteiger partial charge on any atom is 0.409 e. The second-order valence-electron chi connectivity index (χ2n) is 5.39. The van der Waals surface area contributed by atoms with Gasteiger partial charge >= 0.3 is 6.09 Å². The first-order chi connectivity index (χ1) is 10.5. The summed E-state index contributed by atoms with van der Waals surface area (Å²) in [5.41, 5.74) is 2.51. The largest absolute Gasteiger partial charge is 0.496 e. The lowest BCUT2D eigenvalue weighted by molar-refractivity contribution is 0.0599. The van der Waals surface area contributed by atoms with E-state index in [0.29, 0.717) is 31.7 Å². The van der Waals surface area contributed by atoms with Gasteiger partial charge in [0.2, 0.25) is 0 Å². The molecule has 0 bridgehead atoms. The first-order valence-electron chi connectivity index (χ1n) is 7.25. The molecule has 6 nitrogen and oxygen atoms in total. The number of rotatable bonds is 2. The summed E-state index contributed by atoms with van der Waals surface area (Å²) in [6, 6.07) is 3.75. The van der Waals surface area contributed by atoms with Crippen molar-refractivity contribution in [2.45, 2.75) is 13.8 Å². The third-order valence-electron chi connectivity index (χ3n) is 3.97. The molecule has 0 unspecified atom stereocenters. The molecule has 1 heterocycles. The average molecular weight is 306 g/mol. The summed E-state index contributed by atoms with van der Waals surface area (Å²) in [5, 5.41) is 0. The van der Waals surface area contributed by atoms with Gasteiger partial charge in [0.05, 0.1) is 14.2 Å². The number of methoxy groups -OCH3 is 2. The molecule has 22 heavy (non-hydrogen) atoms. The fourth-order valence-electron chi connectivity index (χ4n) is 2.63. The van der Waals surface area contributed by atoms with Crippen molar-refractivity contribution >= 4 is 12.0 Å². The number of hydrogen-bond donors (Lipinski definition) is 0. The van der Waals surface area contributed by atoms with E-state index in [1.54, 1.807) is 16.9 Å². The summed E-state index contributed by atoms with van der Waals surface area (Å²) < 4.78 is 9.98. The van der Waals surface area contributed by atoms with Crippen LogP contribution in [0.15, 0.2) is 12.1 Å². The van der Waals surface area contributed by atoms with Gasteiger partial charge in [-0.15, -0.1) is 0 Å². The van der Waals surface area contributed by atoms with Crippen LogP contribution in [-0.2, 0) is 4.74 Å². The van der Waals surface area contributed by atoms with Gasteiger partial charge in [-0.1, -0.05) is 0 Å². The second kappa shape index (κ2) is 6.68. The molecule has 120 valence electrons. The highest BCUT2D eigenvalue weighted by atomic mass is 16.5. The number of hydrogen-bond acceptors (Lipinski definition) is 4. The zero-order chi connectivity index (χ0) is 16.3. The van der Waals surface area contributed by atoms with Crippen molar-refractivity contribution in [2.24, 2.45) is 0 Å². The average Bonchev–Trinajstić information content (AvgIpc) is 2.55. The predicted octanol–water partition coefficient (Wildman–Crippen LogP) is 1.84. The van der Waals surface area contributed by atoms with Crippen LogP contribution in [0.2, 0.25) is 0 Å². The minimum absolute atomic E-state index is 0.00670. The molecule has 2 rings (SSSR count). The van der Waals surface area contributed by atoms with Gasteiger partial charge < -0.3 is 19.3 Å². The van der Waals surface area contributed by atoms with Gasteiger partial charge in [-0.2, -0.15) is 0 Å². The van der Waals surface area contributed by atoms with Gasteiger partial charge in [0.25, 0.3) is 5.91 Å². The van der Waals surface area contributed by atoms with Crippen LogP contribution in [0.4, 0.5) is 4.79 Å². The molecule has 1 fully saturated rings. The molecule has 0 N–H and O–H groups in total. The number of carbonyl (C=O) groups excluding carboxylic acids is 2. The fraction of sp³-hybridized carbons (Fsp3) is 0.500. The smallest absolute Gasteiger partial charge is 0.409 e. The lowest BCUT2D eigenvalue weighted by Crippen LogP contribution is -2.50. The Morgan fingerprint density at radius 1 is 0.955 bits per heavy atom. The van der Waals surface area contributed by atoms with E-state index in [0.717, 1.165) is 16.9 Å². The van der Waals surface area contributed by atoms with Crippen LogP contribution in [0, 0.1) is 13.8 Å². The number of nitrogens with zero attached hydrogens (tertiary/aromatic N) is 2. The molecule has 0 aliphatic carbocycles. The highest BCUT2D eigenvalue weighted by Crippen LogP contribution is 2.23. The number of piperazine rings is 1. The minimum atomic E-state index is -0.344. The van der Waals surface area contributed by atoms with E-state index < -0.39 is 0 Å². The summed E-state index contributed by atoms with van der Waals surface area (Å²) in [4.78, 5) is 27.5. The van der Waals surface area contributed by atoms with E-state index in [1.807, 2.05) is 26.0 Å². The van der Waals surface area contributed by atoms with Crippen molar-refractivity contribution < 1.29 is 19.1 Å². The van der Waals surface area contributed by atoms with Crippen molar-refractivity contribution in [3.63, 3.8) is 0 Å². The van der Waals surface area contributed by atoms with Crippen molar-refractivity contribution in [1.82, 2.24) is 9.80 Å². The van der Waals surface area contributed by atoms with Gasteiger partial charge in [0.1, 0.15) is 5.75 Å². The number of amides is 2. The number of carbonyl (C=O) groups is 2. The van der Waals surface area contributed by atoms with Gasteiger partial charge in [-0.25, -0.2) is 4.79 Å². The Morgan fingerprint density at radius 3 is 2.09 bits per heavy atom. The van der Waals surface area contributed by atoms with E-state index in [4.69, 9.17) is 9.47 Å². The molecule has 0 saturated carbocycles. The van der Waals surface area contributed by atoms with Gasteiger partial charge in [0.15, 0.2) is 0 Å². The molecule has 0 spiro atoms. The highest BCUT2D eigenvalue weighted by Gasteiger charge is 2.26. The molecule has 0 atom stereocenters. The maximum atomic E-state index is 12.7. The summed E-state index contributed by atoms with van der Waals surface area (Å²) in [5.74, 6) is 0.775. The topological polar surface area (TPSA) is 59.1 Å². The molecule has 1 aromatic carbocycles. The van der Waals surface area contributed by atoms with Gasteiger partial charge in [-0.05, 0) is 37.1 Å². The highest BCUT2D eigenvalue weighted by molar-refractivity contribution is 5.96. The zero-order valence-corrected chi connectivity index (χ0v) is 13.5. The van der Waals surface area contributed by atoms with Crippen LogP contribution >= 0.6 is 0 Å².